The highest BCUT2D eigenvalue weighted by Gasteiger charge is 2.08. The monoisotopic (exact) mass is 239 g/mol. The van der Waals surface area contributed by atoms with Crippen molar-refractivity contribution in [1.29, 1.82) is 0 Å². The SMILES string of the molecule is Cc1sc(N)cc1-c1cccc2ccccc12. The van der Waals surface area contributed by atoms with Gasteiger partial charge in [0.1, 0.15) is 0 Å². The summed E-state index contributed by atoms with van der Waals surface area (Å²) in [5.74, 6) is 0. The number of thiophene rings is 1. The van der Waals surface area contributed by atoms with Gasteiger partial charge in [0, 0.05) is 4.88 Å². The molecular weight excluding hydrogens is 226 g/mol. The fraction of sp³-hybridized carbons (Fsp3) is 0.0667. The fourth-order valence-electron chi connectivity index (χ4n) is 2.23. The lowest BCUT2D eigenvalue weighted by atomic mass is 9.99. The Balaban J connectivity index is 2.34. The Labute approximate surface area is 105 Å². The molecule has 0 amide bonds. The van der Waals surface area contributed by atoms with Gasteiger partial charge in [0.05, 0.1) is 5.00 Å². The Bertz CT molecular complexity index is 677. The summed E-state index contributed by atoms with van der Waals surface area (Å²) in [6.45, 7) is 2.12. The van der Waals surface area contributed by atoms with Gasteiger partial charge in [-0.1, -0.05) is 42.5 Å². The van der Waals surface area contributed by atoms with E-state index in [1.165, 1.54) is 26.8 Å². The molecule has 0 bridgehead atoms. The third kappa shape index (κ3) is 1.71. The standard InChI is InChI=1S/C15H13NS/c1-10-14(9-15(16)17-10)13-8-4-6-11-5-2-3-7-12(11)13/h2-9H,16H2,1H3. The Morgan fingerprint density at radius 1 is 0.941 bits per heavy atom. The second-order valence-electron chi connectivity index (χ2n) is 4.15. The van der Waals surface area contributed by atoms with Crippen LogP contribution in [0.15, 0.2) is 48.5 Å². The number of aryl methyl sites for hydroxylation is 1. The smallest absolute Gasteiger partial charge is 0.0865 e. The van der Waals surface area contributed by atoms with E-state index in [0.29, 0.717) is 0 Å². The average molecular weight is 239 g/mol. The highest BCUT2D eigenvalue weighted by molar-refractivity contribution is 7.16. The molecule has 2 aromatic carbocycles. The molecule has 0 aliphatic rings. The number of hydrogen-bond acceptors (Lipinski definition) is 2. The first-order valence-corrected chi connectivity index (χ1v) is 6.41. The van der Waals surface area contributed by atoms with Crippen LogP contribution in [0.3, 0.4) is 0 Å². The molecule has 0 fully saturated rings. The minimum atomic E-state index is 0.880. The summed E-state index contributed by atoms with van der Waals surface area (Å²) in [5.41, 5.74) is 8.41. The molecular formula is C15H13NS. The van der Waals surface area contributed by atoms with Crippen LogP contribution in [0.2, 0.25) is 0 Å². The maximum atomic E-state index is 5.88. The van der Waals surface area contributed by atoms with Crippen molar-refractivity contribution in [2.45, 2.75) is 6.92 Å². The molecule has 1 aromatic heterocycles. The van der Waals surface area contributed by atoms with Gasteiger partial charge in [0.2, 0.25) is 0 Å². The molecule has 3 rings (SSSR count). The summed E-state index contributed by atoms with van der Waals surface area (Å²) in [4.78, 5) is 1.28. The molecule has 0 aliphatic carbocycles. The van der Waals surface area contributed by atoms with Gasteiger partial charge >= 0.3 is 0 Å². The van der Waals surface area contributed by atoms with Crippen LogP contribution in [0, 0.1) is 6.92 Å². The molecule has 17 heavy (non-hydrogen) atoms. The zero-order valence-corrected chi connectivity index (χ0v) is 10.4. The van der Waals surface area contributed by atoms with Crippen molar-refractivity contribution < 1.29 is 0 Å². The van der Waals surface area contributed by atoms with E-state index >= 15 is 0 Å². The van der Waals surface area contributed by atoms with Gasteiger partial charge in [0.15, 0.2) is 0 Å². The van der Waals surface area contributed by atoms with Gasteiger partial charge in [0.25, 0.3) is 0 Å². The predicted molar refractivity (Wildman–Crippen MR) is 76.4 cm³/mol. The largest absolute Gasteiger partial charge is 0.391 e. The highest BCUT2D eigenvalue weighted by atomic mass is 32.1. The summed E-state index contributed by atoms with van der Waals surface area (Å²) in [6, 6.07) is 16.9. The van der Waals surface area contributed by atoms with Gasteiger partial charge in [-0.2, -0.15) is 0 Å². The van der Waals surface area contributed by atoms with Crippen LogP contribution < -0.4 is 5.73 Å². The summed E-state index contributed by atoms with van der Waals surface area (Å²) in [6.07, 6.45) is 0. The Kier molecular flexibility index (Phi) is 2.37. The molecule has 2 N–H and O–H groups in total. The van der Waals surface area contributed by atoms with Crippen LogP contribution >= 0.6 is 11.3 Å². The van der Waals surface area contributed by atoms with Crippen LogP contribution in [-0.4, -0.2) is 0 Å². The zero-order chi connectivity index (χ0) is 11.8. The zero-order valence-electron chi connectivity index (χ0n) is 9.60. The van der Waals surface area contributed by atoms with Crippen LogP contribution in [0.5, 0.6) is 0 Å². The number of rotatable bonds is 1. The van der Waals surface area contributed by atoms with E-state index in [1.54, 1.807) is 11.3 Å². The average Bonchev–Trinajstić information content (AvgIpc) is 2.68. The minimum absolute atomic E-state index is 0.880. The first-order chi connectivity index (χ1) is 8.25. The van der Waals surface area contributed by atoms with Crippen molar-refractivity contribution in [3.63, 3.8) is 0 Å². The number of fused-ring (bicyclic) bond motifs is 1. The van der Waals surface area contributed by atoms with E-state index < -0.39 is 0 Å². The summed E-state index contributed by atoms with van der Waals surface area (Å²) < 4.78 is 0. The molecule has 1 nitrogen and oxygen atoms in total. The molecule has 0 spiro atoms. The first kappa shape index (κ1) is 10.4. The molecule has 0 saturated carbocycles. The second-order valence-corrected chi connectivity index (χ2v) is 5.43. The number of anilines is 1. The Morgan fingerprint density at radius 3 is 2.47 bits per heavy atom. The Morgan fingerprint density at radius 2 is 1.71 bits per heavy atom. The summed E-state index contributed by atoms with van der Waals surface area (Å²) >= 11 is 1.65. The third-order valence-corrected chi connectivity index (χ3v) is 3.90. The van der Waals surface area contributed by atoms with E-state index in [2.05, 4.69) is 55.5 Å². The third-order valence-electron chi connectivity index (χ3n) is 3.02. The number of nitrogen functional groups attached to an aromatic ring is 1. The van der Waals surface area contributed by atoms with Crippen molar-refractivity contribution in [2.75, 3.05) is 5.73 Å². The second kappa shape index (κ2) is 3.90. The van der Waals surface area contributed by atoms with Crippen molar-refractivity contribution in [3.05, 3.63) is 53.4 Å². The highest BCUT2D eigenvalue weighted by Crippen LogP contribution is 2.36. The van der Waals surface area contributed by atoms with E-state index in [-0.39, 0.29) is 0 Å². The Hall–Kier alpha value is -1.80. The number of benzene rings is 2. The van der Waals surface area contributed by atoms with Gasteiger partial charge < -0.3 is 5.73 Å². The molecule has 0 aliphatic heterocycles. The van der Waals surface area contributed by atoms with Gasteiger partial charge in [-0.25, -0.2) is 0 Å². The summed E-state index contributed by atoms with van der Waals surface area (Å²) in [7, 11) is 0. The molecule has 2 heteroatoms. The minimum Gasteiger partial charge on any atom is -0.391 e. The maximum absolute atomic E-state index is 5.88. The quantitative estimate of drug-likeness (QED) is 0.666. The molecule has 0 unspecified atom stereocenters. The van der Waals surface area contributed by atoms with Crippen LogP contribution in [0.4, 0.5) is 5.00 Å². The van der Waals surface area contributed by atoms with Crippen molar-refractivity contribution in [3.8, 4) is 11.1 Å². The molecule has 0 radical (unpaired) electrons. The lowest BCUT2D eigenvalue weighted by Gasteiger charge is -2.05. The molecule has 0 saturated heterocycles. The predicted octanol–water partition coefficient (Wildman–Crippen LogP) is 4.46. The first-order valence-electron chi connectivity index (χ1n) is 5.60. The lowest BCUT2D eigenvalue weighted by molar-refractivity contribution is 1.61. The maximum Gasteiger partial charge on any atom is 0.0865 e. The van der Waals surface area contributed by atoms with Crippen molar-refractivity contribution in [2.24, 2.45) is 0 Å². The molecule has 1 heterocycles. The molecule has 3 aromatic rings. The lowest BCUT2D eigenvalue weighted by Crippen LogP contribution is -1.81. The molecule has 0 atom stereocenters. The number of nitrogens with two attached hydrogens (primary N) is 1. The van der Waals surface area contributed by atoms with Gasteiger partial charge in [-0.05, 0) is 34.9 Å². The van der Waals surface area contributed by atoms with E-state index in [4.69, 9.17) is 5.73 Å². The van der Waals surface area contributed by atoms with Crippen LogP contribution in [-0.2, 0) is 0 Å². The summed E-state index contributed by atoms with van der Waals surface area (Å²) in [5, 5.41) is 3.44. The van der Waals surface area contributed by atoms with E-state index in [0.717, 1.165) is 5.00 Å². The van der Waals surface area contributed by atoms with Crippen LogP contribution in [0.1, 0.15) is 4.88 Å². The van der Waals surface area contributed by atoms with Gasteiger partial charge in [-0.3, -0.25) is 0 Å². The van der Waals surface area contributed by atoms with Gasteiger partial charge in [-0.15, -0.1) is 11.3 Å². The van der Waals surface area contributed by atoms with Crippen molar-refractivity contribution >= 4 is 27.1 Å². The number of hydrogen-bond donors (Lipinski definition) is 1. The van der Waals surface area contributed by atoms with E-state index in [9.17, 15) is 0 Å². The normalized spacial score (nSPS) is 10.9. The van der Waals surface area contributed by atoms with E-state index in [1.807, 2.05) is 0 Å². The molecule has 84 valence electrons. The van der Waals surface area contributed by atoms with Crippen LogP contribution in [0.25, 0.3) is 21.9 Å². The fourth-order valence-corrected chi connectivity index (χ4v) is 3.04. The van der Waals surface area contributed by atoms with Crippen molar-refractivity contribution in [1.82, 2.24) is 0 Å². The topological polar surface area (TPSA) is 26.0 Å².